The number of carbonyl (C=O) groups is 1. The molecule has 0 atom stereocenters. The highest BCUT2D eigenvalue weighted by molar-refractivity contribution is 5.94. The first-order chi connectivity index (χ1) is 8.69. The highest BCUT2D eigenvalue weighted by Crippen LogP contribution is 2.29. The summed E-state index contributed by atoms with van der Waals surface area (Å²) < 4.78 is 7.53. The molecule has 2 saturated heterocycles. The molecular formula is C12H18N4O2. The predicted molar refractivity (Wildman–Crippen MR) is 66.3 cm³/mol. The third-order valence-corrected chi connectivity index (χ3v) is 3.74. The van der Waals surface area contributed by atoms with Crippen LogP contribution in [0.25, 0.3) is 0 Å². The van der Waals surface area contributed by atoms with Crippen LogP contribution in [0.2, 0.25) is 0 Å². The Balaban J connectivity index is 1.82. The molecule has 1 amide bonds. The normalized spacial score (nSPS) is 23.6. The Bertz CT molecular complexity index is 451. The number of aryl methyl sites for hydroxylation is 1. The summed E-state index contributed by atoms with van der Waals surface area (Å²) in [6.07, 6.45) is 3.75. The number of carbonyl (C=O) groups excluding carboxylic acids is 1. The van der Waals surface area contributed by atoms with Crippen molar-refractivity contribution in [2.24, 2.45) is 7.05 Å². The van der Waals surface area contributed by atoms with Crippen LogP contribution in [0, 0.1) is 0 Å². The van der Waals surface area contributed by atoms with Crippen molar-refractivity contribution >= 4 is 11.7 Å². The standard InChI is InChI=1S/C12H18N4O2/c1-15-7-2-10(14-15)16-9-12(18-8-11(16)17)3-5-13-6-4-12/h2,7,13H,3-6,8-9H2,1H3. The summed E-state index contributed by atoms with van der Waals surface area (Å²) >= 11 is 0. The third kappa shape index (κ3) is 2.02. The minimum atomic E-state index is -0.184. The lowest BCUT2D eigenvalue weighted by Gasteiger charge is -2.44. The number of anilines is 1. The van der Waals surface area contributed by atoms with E-state index < -0.39 is 0 Å². The lowest BCUT2D eigenvalue weighted by molar-refractivity contribution is -0.141. The van der Waals surface area contributed by atoms with Crippen molar-refractivity contribution in [2.75, 3.05) is 31.1 Å². The van der Waals surface area contributed by atoms with E-state index in [0.29, 0.717) is 6.54 Å². The molecule has 2 aliphatic heterocycles. The fourth-order valence-corrected chi connectivity index (χ4v) is 2.66. The van der Waals surface area contributed by atoms with Gasteiger partial charge in [-0.25, -0.2) is 0 Å². The van der Waals surface area contributed by atoms with Gasteiger partial charge in [-0.05, 0) is 25.9 Å². The van der Waals surface area contributed by atoms with E-state index in [1.807, 2.05) is 19.3 Å². The summed E-state index contributed by atoms with van der Waals surface area (Å²) in [4.78, 5) is 13.7. The van der Waals surface area contributed by atoms with Crippen molar-refractivity contribution in [3.63, 3.8) is 0 Å². The van der Waals surface area contributed by atoms with E-state index in [1.54, 1.807) is 9.58 Å². The van der Waals surface area contributed by atoms with Crippen LogP contribution in [0.4, 0.5) is 5.82 Å². The third-order valence-electron chi connectivity index (χ3n) is 3.74. The van der Waals surface area contributed by atoms with Crippen LogP contribution in [0.15, 0.2) is 12.3 Å². The van der Waals surface area contributed by atoms with Gasteiger partial charge >= 0.3 is 0 Å². The lowest BCUT2D eigenvalue weighted by Crippen LogP contribution is -2.58. The Kier molecular flexibility index (Phi) is 2.83. The number of piperidine rings is 1. The zero-order valence-electron chi connectivity index (χ0n) is 10.6. The van der Waals surface area contributed by atoms with E-state index in [0.717, 1.165) is 31.7 Å². The van der Waals surface area contributed by atoms with E-state index in [1.165, 1.54) is 0 Å². The van der Waals surface area contributed by atoms with E-state index in [4.69, 9.17) is 4.74 Å². The predicted octanol–water partition coefficient (Wildman–Crippen LogP) is -0.0945. The molecule has 0 aromatic carbocycles. The number of amides is 1. The molecule has 3 rings (SSSR count). The average Bonchev–Trinajstić information content (AvgIpc) is 2.80. The number of ether oxygens (including phenoxy) is 1. The summed E-state index contributed by atoms with van der Waals surface area (Å²) in [7, 11) is 1.86. The molecule has 6 nitrogen and oxygen atoms in total. The van der Waals surface area contributed by atoms with E-state index in [-0.39, 0.29) is 18.1 Å². The topological polar surface area (TPSA) is 59.4 Å². The monoisotopic (exact) mass is 250 g/mol. The maximum Gasteiger partial charge on any atom is 0.254 e. The van der Waals surface area contributed by atoms with Crippen molar-refractivity contribution < 1.29 is 9.53 Å². The van der Waals surface area contributed by atoms with Crippen LogP contribution in [-0.4, -0.2) is 47.5 Å². The summed E-state index contributed by atoms with van der Waals surface area (Å²) in [5, 5.41) is 7.64. The molecule has 18 heavy (non-hydrogen) atoms. The van der Waals surface area contributed by atoms with Gasteiger partial charge in [0.15, 0.2) is 5.82 Å². The van der Waals surface area contributed by atoms with Crippen LogP contribution < -0.4 is 10.2 Å². The van der Waals surface area contributed by atoms with Gasteiger partial charge in [-0.2, -0.15) is 5.10 Å². The van der Waals surface area contributed by atoms with Gasteiger partial charge in [0.1, 0.15) is 6.61 Å². The van der Waals surface area contributed by atoms with Gasteiger partial charge in [0, 0.05) is 19.3 Å². The summed E-state index contributed by atoms with van der Waals surface area (Å²) in [6.45, 7) is 2.68. The molecule has 1 N–H and O–H groups in total. The van der Waals surface area contributed by atoms with Gasteiger partial charge in [0.25, 0.3) is 5.91 Å². The largest absolute Gasteiger partial charge is 0.363 e. The summed E-state index contributed by atoms with van der Waals surface area (Å²) in [5.41, 5.74) is -0.184. The number of hydrogen-bond donors (Lipinski definition) is 1. The number of nitrogens with zero attached hydrogens (tertiary/aromatic N) is 3. The Morgan fingerprint density at radius 3 is 2.89 bits per heavy atom. The fourth-order valence-electron chi connectivity index (χ4n) is 2.66. The molecule has 0 saturated carbocycles. The Morgan fingerprint density at radius 2 is 2.22 bits per heavy atom. The molecule has 98 valence electrons. The molecule has 2 aliphatic rings. The minimum Gasteiger partial charge on any atom is -0.363 e. The lowest BCUT2D eigenvalue weighted by atomic mass is 9.90. The Morgan fingerprint density at radius 1 is 1.44 bits per heavy atom. The van der Waals surface area contributed by atoms with E-state index in [2.05, 4.69) is 10.4 Å². The highest BCUT2D eigenvalue weighted by Gasteiger charge is 2.41. The maximum atomic E-state index is 12.0. The van der Waals surface area contributed by atoms with Crippen LogP contribution in [-0.2, 0) is 16.6 Å². The fraction of sp³-hybridized carbons (Fsp3) is 0.667. The van der Waals surface area contributed by atoms with Gasteiger partial charge in [0.05, 0.1) is 12.1 Å². The van der Waals surface area contributed by atoms with Gasteiger partial charge in [0.2, 0.25) is 0 Å². The van der Waals surface area contributed by atoms with Gasteiger partial charge in [-0.3, -0.25) is 14.4 Å². The number of nitrogens with one attached hydrogen (secondary N) is 1. The van der Waals surface area contributed by atoms with Crippen LogP contribution in [0.5, 0.6) is 0 Å². The average molecular weight is 250 g/mol. The van der Waals surface area contributed by atoms with Crippen molar-refractivity contribution in [1.29, 1.82) is 0 Å². The molecule has 0 unspecified atom stereocenters. The zero-order chi connectivity index (χ0) is 12.6. The molecule has 1 aromatic heterocycles. The molecule has 1 aromatic rings. The number of rotatable bonds is 1. The molecule has 2 fully saturated rings. The molecule has 0 bridgehead atoms. The second kappa shape index (κ2) is 4.37. The first kappa shape index (κ1) is 11.7. The molecule has 1 spiro atoms. The number of morpholine rings is 1. The van der Waals surface area contributed by atoms with Crippen molar-refractivity contribution in [3.05, 3.63) is 12.3 Å². The number of aromatic nitrogens is 2. The Hall–Kier alpha value is -1.40. The summed E-state index contributed by atoms with van der Waals surface area (Å²) in [6, 6.07) is 1.87. The molecule has 0 aliphatic carbocycles. The zero-order valence-corrected chi connectivity index (χ0v) is 10.6. The van der Waals surface area contributed by atoms with Gasteiger partial charge in [-0.15, -0.1) is 0 Å². The summed E-state index contributed by atoms with van der Waals surface area (Å²) in [5.74, 6) is 0.724. The maximum absolute atomic E-state index is 12.0. The molecular weight excluding hydrogens is 232 g/mol. The van der Waals surface area contributed by atoms with E-state index >= 15 is 0 Å². The Labute approximate surface area is 106 Å². The van der Waals surface area contributed by atoms with Crippen molar-refractivity contribution in [2.45, 2.75) is 18.4 Å². The molecule has 0 radical (unpaired) electrons. The number of hydrogen-bond acceptors (Lipinski definition) is 4. The quantitative estimate of drug-likeness (QED) is 0.756. The van der Waals surface area contributed by atoms with Crippen molar-refractivity contribution in [1.82, 2.24) is 15.1 Å². The first-order valence-electron chi connectivity index (χ1n) is 6.33. The molecule has 6 heteroatoms. The van der Waals surface area contributed by atoms with Gasteiger partial charge in [-0.1, -0.05) is 0 Å². The molecule has 3 heterocycles. The van der Waals surface area contributed by atoms with E-state index in [9.17, 15) is 4.79 Å². The van der Waals surface area contributed by atoms with Crippen LogP contribution in [0.3, 0.4) is 0 Å². The highest BCUT2D eigenvalue weighted by atomic mass is 16.5. The van der Waals surface area contributed by atoms with Gasteiger partial charge < -0.3 is 10.1 Å². The van der Waals surface area contributed by atoms with Crippen LogP contribution in [0.1, 0.15) is 12.8 Å². The SMILES string of the molecule is Cn1ccc(N2CC3(CCNCC3)OCC2=O)n1. The minimum absolute atomic E-state index is 0.00198. The first-order valence-corrected chi connectivity index (χ1v) is 6.33. The van der Waals surface area contributed by atoms with Crippen LogP contribution >= 0.6 is 0 Å². The second-order valence-electron chi connectivity index (χ2n) is 5.05. The van der Waals surface area contributed by atoms with Crippen molar-refractivity contribution in [3.8, 4) is 0 Å². The smallest absolute Gasteiger partial charge is 0.254 e. The second-order valence-corrected chi connectivity index (χ2v) is 5.05.